The average molecular weight is 326 g/mol. The number of ketones is 1. The fourth-order valence-electron chi connectivity index (χ4n) is 2.32. The summed E-state index contributed by atoms with van der Waals surface area (Å²) in [6.45, 7) is 0.524. The molecule has 24 heavy (non-hydrogen) atoms. The van der Waals surface area contributed by atoms with E-state index in [1.807, 2.05) is 0 Å². The van der Waals surface area contributed by atoms with E-state index in [0.717, 1.165) is 5.56 Å². The maximum atomic E-state index is 13.0. The summed E-state index contributed by atoms with van der Waals surface area (Å²) in [6.07, 6.45) is 3.20. The largest absolute Gasteiger partial charge is 0.467 e. The third-order valence-corrected chi connectivity index (χ3v) is 3.54. The summed E-state index contributed by atoms with van der Waals surface area (Å²) in [5.41, 5.74) is 1.11. The number of rotatable bonds is 6. The Morgan fingerprint density at radius 2 is 1.88 bits per heavy atom. The molecule has 0 saturated heterocycles. The molecule has 0 spiro atoms. The molecule has 0 radical (unpaired) electrons. The fraction of sp³-hybridized carbons (Fsp3) is 0.111. The van der Waals surface area contributed by atoms with Crippen molar-refractivity contribution in [2.75, 3.05) is 0 Å². The summed E-state index contributed by atoms with van der Waals surface area (Å²) in [4.78, 5) is 24.3. The first-order valence-electron chi connectivity index (χ1n) is 7.38. The van der Waals surface area contributed by atoms with Crippen LogP contribution in [0.25, 0.3) is 0 Å². The summed E-state index contributed by atoms with van der Waals surface area (Å²) in [5, 5.41) is 2.53. The molecule has 3 rings (SSSR count). The lowest BCUT2D eigenvalue weighted by Gasteiger charge is -2.09. The fourth-order valence-corrected chi connectivity index (χ4v) is 2.32. The molecule has 2 heterocycles. The highest BCUT2D eigenvalue weighted by atomic mass is 19.1. The van der Waals surface area contributed by atoms with Crippen LogP contribution in [0, 0.1) is 5.82 Å². The SMILES string of the molecule is O=C(NCc1ccco1)C(=O)c1cccn1Cc1ccc(F)cc1. The topological polar surface area (TPSA) is 64.2 Å². The minimum Gasteiger partial charge on any atom is -0.467 e. The Morgan fingerprint density at radius 3 is 2.58 bits per heavy atom. The van der Waals surface area contributed by atoms with E-state index in [1.54, 1.807) is 47.2 Å². The number of nitrogens with zero attached hydrogens (tertiary/aromatic N) is 1. The summed E-state index contributed by atoms with van der Waals surface area (Å²) < 4.78 is 19.7. The molecule has 6 heteroatoms. The number of amides is 1. The van der Waals surface area contributed by atoms with Gasteiger partial charge in [0.05, 0.1) is 18.5 Å². The monoisotopic (exact) mass is 326 g/mol. The van der Waals surface area contributed by atoms with Crippen molar-refractivity contribution in [1.82, 2.24) is 9.88 Å². The number of halogens is 1. The standard InChI is InChI=1S/C18H15FN2O3/c19-14-7-5-13(6-8-14)12-21-9-1-4-16(21)17(22)18(23)20-11-15-3-2-10-24-15/h1-10H,11-12H2,(H,20,23). The lowest BCUT2D eigenvalue weighted by atomic mass is 10.2. The highest BCUT2D eigenvalue weighted by Crippen LogP contribution is 2.10. The number of aromatic nitrogens is 1. The minimum atomic E-state index is -0.703. The first-order valence-corrected chi connectivity index (χ1v) is 7.38. The number of nitrogens with one attached hydrogen (secondary N) is 1. The lowest BCUT2D eigenvalue weighted by molar-refractivity contribution is -0.117. The summed E-state index contributed by atoms with van der Waals surface area (Å²) in [6, 6.07) is 12.7. The van der Waals surface area contributed by atoms with E-state index in [1.165, 1.54) is 18.4 Å². The summed E-state index contributed by atoms with van der Waals surface area (Å²) in [5.74, 6) is -1.09. The van der Waals surface area contributed by atoms with Gasteiger partial charge in [-0.25, -0.2) is 4.39 Å². The van der Waals surface area contributed by atoms with Crippen molar-refractivity contribution in [2.24, 2.45) is 0 Å². The first-order chi connectivity index (χ1) is 11.6. The van der Waals surface area contributed by atoms with Gasteiger partial charge in [-0.2, -0.15) is 0 Å². The maximum absolute atomic E-state index is 13.0. The van der Waals surface area contributed by atoms with Gasteiger partial charge in [0.15, 0.2) is 0 Å². The summed E-state index contributed by atoms with van der Waals surface area (Å²) >= 11 is 0. The molecule has 1 aromatic carbocycles. The Bertz CT molecular complexity index is 836. The van der Waals surface area contributed by atoms with Gasteiger partial charge in [-0.3, -0.25) is 9.59 Å². The van der Waals surface area contributed by atoms with Crippen LogP contribution < -0.4 is 5.32 Å². The molecule has 1 amide bonds. The van der Waals surface area contributed by atoms with Gasteiger partial charge in [-0.15, -0.1) is 0 Å². The molecule has 2 aromatic heterocycles. The Hall–Kier alpha value is -3.15. The Balaban J connectivity index is 1.68. The van der Waals surface area contributed by atoms with Crippen molar-refractivity contribution in [3.63, 3.8) is 0 Å². The molecule has 0 bridgehead atoms. The van der Waals surface area contributed by atoms with Gasteiger partial charge in [0.2, 0.25) is 0 Å². The second kappa shape index (κ2) is 6.95. The van der Waals surface area contributed by atoms with Crippen LogP contribution in [0.4, 0.5) is 4.39 Å². The highest BCUT2D eigenvalue weighted by molar-refractivity contribution is 6.42. The minimum absolute atomic E-state index is 0.149. The van der Waals surface area contributed by atoms with Crippen LogP contribution in [-0.2, 0) is 17.9 Å². The molecular weight excluding hydrogens is 311 g/mol. The number of hydrogen-bond donors (Lipinski definition) is 1. The van der Waals surface area contributed by atoms with Crippen molar-refractivity contribution in [3.05, 3.63) is 83.8 Å². The zero-order valence-electron chi connectivity index (χ0n) is 12.7. The number of benzene rings is 1. The van der Waals surface area contributed by atoms with Gasteiger partial charge in [0, 0.05) is 12.7 Å². The molecular formula is C18H15FN2O3. The van der Waals surface area contributed by atoms with Gasteiger partial charge < -0.3 is 14.3 Å². The van der Waals surface area contributed by atoms with Crippen molar-refractivity contribution in [2.45, 2.75) is 13.1 Å². The van der Waals surface area contributed by atoms with Gasteiger partial charge in [0.1, 0.15) is 11.6 Å². The van der Waals surface area contributed by atoms with Crippen LogP contribution in [0.5, 0.6) is 0 Å². The van der Waals surface area contributed by atoms with E-state index in [2.05, 4.69) is 5.32 Å². The Morgan fingerprint density at radius 1 is 1.08 bits per heavy atom. The molecule has 0 aliphatic rings. The number of hydrogen-bond acceptors (Lipinski definition) is 3. The smallest absolute Gasteiger partial charge is 0.294 e. The summed E-state index contributed by atoms with van der Waals surface area (Å²) in [7, 11) is 0. The molecule has 5 nitrogen and oxygen atoms in total. The average Bonchev–Trinajstić information content (AvgIpc) is 3.25. The molecule has 1 N–H and O–H groups in total. The molecule has 0 unspecified atom stereocenters. The predicted octanol–water partition coefficient (Wildman–Crippen LogP) is 2.77. The van der Waals surface area contributed by atoms with Crippen LogP contribution >= 0.6 is 0 Å². The van der Waals surface area contributed by atoms with E-state index >= 15 is 0 Å². The maximum Gasteiger partial charge on any atom is 0.294 e. The third kappa shape index (κ3) is 3.60. The predicted molar refractivity (Wildman–Crippen MR) is 84.8 cm³/mol. The Labute approximate surface area is 137 Å². The van der Waals surface area contributed by atoms with Crippen LogP contribution in [0.1, 0.15) is 21.8 Å². The van der Waals surface area contributed by atoms with Gasteiger partial charge >= 0.3 is 0 Å². The number of furan rings is 1. The molecule has 0 atom stereocenters. The molecule has 122 valence electrons. The molecule has 0 saturated carbocycles. The zero-order chi connectivity index (χ0) is 16.9. The van der Waals surface area contributed by atoms with Crippen molar-refractivity contribution in [1.29, 1.82) is 0 Å². The lowest BCUT2D eigenvalue weighted by Crippen LogP contribution is -2.31. The number of Topliss-reactive ketones (excluding diaryl/α,β-unsaturated/α-hetero) is 1. The van der Waals surface area contributed by atoms with E-state index in [4.69, 9.17) is 4.42 Å². The number of carbonyl (C=O) groups is 2. The van der Waals surface area contributed by atoms with Gasteiger partial charge in [-0.05, 0) is 42.0 Å². The van der Waals surface area contributed by atoms with Crippen LogP contribution in [-0.4, -0.2) is 16.3 Å². The molecule has 3 aromatic rings. The van der Waals surface area contributed by atoms with Crippen LogP contribution in [0.2, 0.25) is 0 Å². The molecule has 0 aliphatic carbocycles. The van der Waals surface area contributed by atoms with Crippen molar-refractivity contribution in [3.8, 4) is 0 Å². The van der Waals surface area contributed by atoms with Crippen LogP contribution in [0.15, 0.2) is 65.4 Å². The second-order valence-corrected chi connectivity index (χ2v) is 5.24. The normalized spacial score (nSPS) is 10.5. The molecule has 0 aliphatic heterocycles. The van der Waals surface area contributed by atoms with Gasteiger partial charge in [0.25, 0.3) is 11.7 Å². The van der Waals surface area contributed by atoms with Crippen LogP contribution in [0.3, 0.4) is 0 Å². The van der Waals surface area contributed by atoms with Gasteiger partial charge in [-0.1, -0.05) is 12.1 Å². The zero-order valence-corrected chi connectivity index (χ0v) is 12.7. The number of carbonyl (C=O) groups excluding carboxylic acids is 2. The van der Waals surface area contributed by atoms with Crippen molar-refractivity contribution >= 4 is 11.7 Å². The quantitative estimate of drug-likeness (QED) is 0.559. The van der Waals surface area contributed by atoms with E-state index in [0.29, 0.717) is 12.3 Å². The van der Waals surface area contributed by atoms with Crippen molar-refractivity contribution < 1.29 is 18.4 Å². The van der Waals surface area contributed by atoms with E-state index < -0.39 is 11.7 Å². The Kier molecular flexibility index (Phi) is 4.56. The van der Waals surface area contributed by atoms with E-state index in [9.17, 15) is 14.0 Å². The highest BCUT2D eigenvalue weighted by Gasteiger charge is 2.19. The third-order valence-electron chi connectivity index (χ3n) is 3.54. The second-order valence-electron chi connectivity index (χ2n) is 5.24. The molecule has 0 fully saturated rings. The first kappa shape index (κ1) is 15.7. The van der Waals surface area contributed by atoms with E-state index in [-0.39, 0.29) is 18.1 Å².